The zero-order valence-corrected chi connectivity index (χ0v) is 36.4. The number of anilines is 3. The zero-order chi connectivity index (χ0) is 89.0. The Morgan fingerprint density at radius 2 is 0.726 bits per heavy atom. The van der Waals surface area contributed by atoms with Crippen LogP contribution in [0.5, 0.6) is 0 Å². The van der Waals surface area contributed by atoms with Crippen LogP contribution in [-0.4, -0.2) is 0 Å². The van der Waals surface area contributed by atoms with Crippen molar-refractivity contribution in [3.8, 4) is 55.6 Å². The minimum atomic E-state index is -3.63. The number of hydrogen-bond acceptors (Lipinski definition) is 1. The van der Waals surface area contributed by atoms with Gasteiger partial charge in [-0.25, -0.2) is 0 Å². The molecule has 73 heavy (non-hydrogen) atoms. The van der Waals surface area contributed by atoms with Gasteiger partial charge in [0.2, 0.25) is 0 Å². The van der Waals surface area contributed by atoms with Crippen molar-refractivity contribution in [1.82, 2.24) is 0 Å². The number of hydrogen-bond donors (Lipinski definition) is 0. The minimum Gasteiger partial charge on any atom is -0.310 e. The first-order valence-electron chi connectivity index (χ1n) is 45.2. The molecule has 340 valence electrons. The molecule has 0 amide bonds. The molecule has 0 aliphatic heterocycles. The highest BCUT2D eigenvalue weighted by atomic mass is 15.1. The highest BCUT2D eigenvalue weighted by Crippen LogP contribution is 2.64. The Bertz CT molecular complexity index is 6720. The summed E-state index contributed by atoms with van der Waals surface area (Å²) in [4.78, 5) is 0.143. The smallest absolute Gasteiger partial charge is 0.0725 e. The van der Waals surface area contributed by atoms with Crippen LogP contribution in [0.25, 0.3) is 66.4 Å². The molecule has 3 aliphatic rings. The number of benzene rings is 12. The first kappa shape index (κ1) is 16.1. The summed E-state index contributed by atoms with van der Waals surface area (Å²) in [6.45, 7) is 0. The first-order chi connectivity index (χ1) is 55.8. The molecule has 3 aliphatic carbocycles. The van der Waals surface area contributed by atoms with E-state index in [4.69, 9.17) is 21.9 Å². The van der Waals surface area contributed by atoms with E-state index in [1.54, 1.807) is 0 Å². The SMILES string of the molecule is [2H]c1c([2H])c([2H])c(N(c2c([2H])c([2H])c(-c3c([2H])c([2H])c4c([2H])c([2H])c([2H])c([2H])c4c3-c3c([2H])c([2H])c4c(c3[2H])C3(c5c([2H])c([2H])c([2H])c([2H])c5-c5c([2H])c([2H])c([2H])c([2H])c53)c3c([2H])c([2H])c([2H])c([2H])c3-4)c([2H])c2[2H])c2c([2H])c([2H])c([2H])c3c2-c2c([2H])c([2H])c([2H])c([2H])c2C3(c2c([2H])c([2H])c([2H])c([2H])c2[2H])c2c([2H])c([2H])c([2H])c([2H])c2[2H])c([2H])c1[2H]. The fraction of sp³-hybridized carbons (Fsp3) is 0.0278. The van der Waals surface area contributed by atoms with Crippen molar-refractivity contribution < 1.29 is 64.4 Å². The van der Waals surface area contributed by atoms with Gasteiger partial charge >= 0.3 is 0 Å². The molecule has 15 rings (SSSR count). The van der Waals surface area contributed by atoms with Crippen molar-refractivity contribution >= 4 is 27.8 Å². The van der Waals surface area contributed by atoms with Crippen LogP contribution >= 0.6 is 0 Å². The average molecular weight is 973 g/mol. The van der Waals surface area contributed by atoms with Crippen LogP contribution < -0.4 is 4.90 Å². The molecule has 1 spiro atoms. The van der Waals surface area contributed by atoms with Gasteiger partial charge in [-0.1, -0.05) is 248 Å². The summed E-state index contributed by atoms with van der Waals surface area (Å²) in [5, 5.41) is -2.09. The summed E-state index contributed by atoms with van der Waals surface area (Å²) in [6.07, 6.45) is 0. The lowest BCUT2D eigenvalue weighted by atomic mass is 9.68. The van der Waals surface area contributed by atoms with E-state index >= 15 is 0 Å². The van der Waals surface area contributed by atoms with Crippen LogP contribution in [0.3, 0.4) is 0 Å². The van der Waals surface area contributed by atoms with Crippen molar-refractivity contribution in [1.29, 1.82) is 0 Å². The Morgan fingerprint density at radius 1 is 0.274 bits per heavy atom. The predicted octanol–water partition coefficient (Wildman–Crippen LogP) is 18.4. The Kier molecular flexibility index (Phi) is 3.56. The van der Waals surface area contributed by atoms with Crippen molar-refractivity contribution in [3.05, 3.63) is 329 Å². The summed E-state index contributed by atoms with van der Waals surface area (Å²) in [6, 6.07) is -60.9. The molecule has 0 heterocycles. The van der Waals surface area contributed by atoms with E-state index in [9.17, 15) is 42.5 Å². The Morgan fingerprint density at radius 3 is 1.34 bits per heavy atom. The molecule has 0 N–H and O–H groups in total. The Hall–Kier alpha value is -9.30. The summed E-state index contributed by atoms with van der Waals surface area (Å²) >= 11 is 0. The van der Waals surface area contributed by atoms with E-state index < -0.39 is 423 Å². The van der Waals surface area contributed by atoms with Crippen molar-refractivity contribution in [2.24, 2.45) is 0 Å². The van der Waals surface area contributed by atoms with Gasteiger partial charge in [-0.05, 0) is 142 Å². The third-order valence-corrected chi connectivity index (χ3v) is 12.9. The molecule has 0 saturated carbocycles. The third-order valence-electron chi connectivity index (χ3n) is 12.9. The van der Waals surface area contributed by atoms with Crippen LogP contribution in [0.2, 0.25) is 0 Å². The molecule has 12 aromatic carbocycles. The van der Waals surface area contributed by atoms with Gasteiger partial charge in [-0.3, -0.25) is 0 Å². The molecule has 0 fully saturated rings. The molecule has 0 bridgehead atoms. The lowest BCUT2D eigenvalue weighted by molar-refractivity contribution is 0.768. The maximum Gasteiger partial charge on any atom is 0.0725 e. The number of fused-ring (bicyclic) bond motifs is 14. The van der Waals surface area contributed by atoms with Crippen LogP contribution in [-0.2, 0) is 10.8 Å². The maximum absolute atomic E-state index is 10.9. The number of nitrogens with zero attached hydrogens (tertiary/aromatic N) is 1. The van der Waals surface area contributed by atoms with E-state index in [1.807, 2.05) is 0 Å². The average Bonchev–Trinajstić information content (AvgIpc) is 1.48. The van der Waals surface area contributed by atoms with Gasteiger partial charge < -0.3 is 4.90 Å². The Balaban J connectivity index is 1.17. The van der Waals surface area contributed by atoms with Gasteiger partial charge in [0, 0.05) is 16.9 Å². The molecule has 1 nitrogen and oxygen atoms in total. The van der Waals surface area contributed by atoms with Crippen molar-refractivity contribution in [2.45, 2.75) is 10.8 Å². The highest BCUT2D eigenvalue weighted by Gasteiger charge is 2.52. The van der Waals surface area contributed by atoms with Gasteiger partial charge in [-0.15, -0.1) is 0 Å². The second kappa shape index (κ2) is 16.1. The van der Waals surface area contributed by atoms with E-state index in [1.165, 1.54) is 0 Å². The molecule has 0 radical (unpaired) electrons. The molecular weight excluding hydrogens is 879 g/mol. The fourth-order valence-corrected chi connectivity index (χ4v) is 10.2. The van der Waals surface area contributed by atoms with Crippen LogP contribution in [0.15, 0.2) is 284 Å². The topological polar surface area (TPSA) is 3.24 Å². The normalized spacial score (nSPS) is 22.7. The van der Waals surface area contributed by atoms with Crippen LogP contribution in [0, 0.1) is 0 Å². The lowest BCUT2D eigenvalue weighted by Gasteiger charge is -2.34. The van der Waals surface area contributed by atoms with Gasteiger partial charge in [0.1, 0.15) is 0 Å². The molecule has 0 saturated heterocycles. The van der Waals surface area contributed by atoms with Gasteiger partial charge in [0.25, 0.3) is 0 Å². The third kappa shape index (κ3) is 5.79. The fourth-order valence-electron chi connectivity index (χ4n) is 10.2. The van der Waals surface area contributed by atoms with E-state index in [0.29, 0.717) is 0 Å². The van der Waals surface area contributed by atoms with Crippen LogP contribution in [0.1, 0.15) is 109 Å². The Labute approximate surface area is 492 Å². The minimum absolute atomic E-state index is 0.143. The van der Waals surface area contributed by atoms with Gasteiger partial charge in [0.15, 0.2) is 0 Å². The van der Waals surface area contributed by atoms with Crippen LogP contribution in [0.4, 0.5) is 17.1 Å². The van der Waals surface area contributed by atoms with Crippen molar-refractivity contribution in [3.63, 3.8) is 0 Å². The number of para-hydroxylation sites is 1. The van der Waals surface area contributed by atoms with E-state index in [-0.39, 0.29) is 4.90 Å². The molecule has 12 aromatic rings. The molecule has 0 unspecified atom stereocenters. The molecule has 1 heteroatoms. The predicted molar refractivity (Wildman–Crippen MR) is 303 cm³/mol. The van der Waals surface area contributed by atoms with E-state index in [2.05, 4.69) is 0 Å². The highest BCUT2D eigenvalue weighted by molar-refractivity contribution is 6.06. The quantitative estimate of drug-likeness (QED) is 0.154. The summed E-state index contributed by atoms with van der Waals surface area (Å²) in [7, 11) is 0. The lowest BCUT2D eigenvalue weighted by Crippen LogP contribution is -2.28. The maximum atomic E-state index is 10.9. The summed E-state index contributed by atoms with van der Waals surface area (Å²) < 4.78 is 449. The van der Waals surface area contributed by atoms with Crippen molar-refractivity contribution in [2.75, 3.05) is 4.90 Å². The zero-order valence-electron chi connectivity index (χ0n) is 83.4. The monoisotopic (exact) mass is 973 g/mol. The second-order valence-corrected chi connectivity index (χ2v) is 16.3. The number of rotatable bonds is 7. The molecular formula is C72H47N. The summed E-state index contributed by atoms with van der Waals surface area (Å²) in [5.74, 6) is 0. The molecule has 0 aromatic heterocycles. The summed E-state index contributed by atoms with van der Waals surface area (Å²) in [5.41, 5.74) is -30.4. The second-order valence-electron chi connectivity index (χ2n) is 16.3. The van der Waals surface area contributed by atoms with E-state index in [0.717, 1.165) is 0 Å². The molecule has 0 atom stereocenters. The first-order valence-corrected chi connectivity index (χ1v) is 21.7. The van der Waals surface area contributed by atoms with Gasteiger partial charge in [0.05, 0.1) is 80.9 Å². The standard InChI is InChI=1S/C72H47N/c1-4-22-51(23-5-1)71(52-24-6-2-7-25-52)65-36-19-15-32-61(65)70-66(71)37-20-38-68(70)73(53-26-8-3-9-27-53)54-43-39-49(40-44-54)56-45-41-48-21-10-11-28-55(48)69(56)50-42-46-60-59-31-14-18-35-64(59)72(67(60)47-50)62-33-16-12-29-57(62)58-30-13-17-34-63(58)72/h1-47H/i1D,2D,3D,4D,5D,6D,7D,8D,9D,10D,11D,12D,13D,14D,15D,16D,17D,18D,19D,20D,21D,22D,23D,24D,25D,26D,27D,28D,29D,30D,31D,32D,33D,34D,35D,36D,37D,38D,39D,40D,41D,42D,43D,44D,45D,46D,47D. The largest absolute Gasteiger partial charge is 0.310 e. The van der Waals surface area contributed by atoms with Gasteiger partial charge in [-0.2, -0.15) is 0 Å².